The maximum atomic E-state index is 10.5. The van der Waals surface area contributed by atoms with E-state index in [0.717, 1.165) is 26.2 Å². The summed E-state index contributed by atoms with van der Waals surface area (Å²) in [6, 6.07) is -0.336. The minimum atomic E-state index is -0.730. The third kappa shape index (κ3) is 2.17. The van der Waals surface area contributed by atoms with Crippen LogP contribution in [0.15, 0.2) is 0 Å². The van der Waals surface area contributed by atoms with Crippen molar-refractivity contribution in [3.63, 3.8) is 0 Å². The van der Waals surface area contributed by atoms with Crippen molar-refractivity contribution in [3.05, 3.63) is 0 Å². The van der Waals surface area contributed by atoms with Crippen molar-refractivity contribution in [3.8, 4) is 0 Å². The van der Waals surface area contributed by atoms with Gasteiger partial charge in [-0.15, -0.1) is 0 Å². The van der Waals surface area contributed by atoms with E-state index in [1.54, 1.807) is 6.92 Å². The number of nitrogens with zero attached hydrogens (tertiary/aromatic N) is 1. The fraction of sp³-hybridized carbons (Fsp3) is 0.857. The Morgan fingerprint density at radius 3 is 2.55 bits per heavy atom. The topological polar surface area (TPSA) is 52.6 Å². The minimum absolute atomic E-state index is 0.336. The summed E-state index contributed by atoms with van der Waals surface area (Å²) in [6.07, 6.45) is 0. The number of hydrogen-bond donors (Lipinski definition) is 2. The molecule has 2 N–H and O–H groups in total. The molecule has 64 valence electrons. The van der Waals surface area contributed by atoms with Crippen LogP contribution >= 0.6 is 0 Å². The molecule has 0 radical (unpaired) electrons. The van der Waals surface area contributed by atoms with Gasteiger partial charge in [0.1, 0.15) is 6.04 Å². The summed E-state index contributed by atoms with van der Waals surface area (Å²) in [6.45, 7) is 5.21. The van der Waals surface area contributed by atoms with Crippen LogP contribution in [0.5, 0.6) is 0 Å². The Kier molecular flexibility index (Phi) is 2.84. The summed E-state index contributed by atoms with van der Waals surface area (Å²) in [4.78, 5) is 12.5. The van der Waals surface area contributed by atoms with Crippen LogP contribution in [0.1, 0.15) is 6.92 Å². The summed E-state index contributed by atoms with van der Waals surface area (Å²) in [5.74, 6) is -0.730. The van der Waals surface area contributed by atoms with Crippen molar-refractivity contribution in [1.29, 1.82) is 0 Å². The fourth-order valence-corrected chi connectivity index (χ4v) is 1.23. The Labute approximate surface area is 66.2 Å². The zero-order valence-corrected chi connectivity index (χ0v) is 6.71. The second kappa shape index (κ2) is 3.69. The molecule has 4 heteroatoms. The molecule has 0 aromatic carbocycles. The highest BCUT2D eigenvalue weighted by Crippen LogP contribution is 1.99. The number of carboxylic acid groups (broad SMARTS) is 1. The quantitative estimate of drug-likeness (QED) is 0.561. The summed E-state index contributed by atoms with van der Waals surface area (Å²) >= 11 is 0. The van der Waals surface area contributed by atoms with Crippen LogP contribution in [-0.2, 0) is 4.79 Å². The van der Waals surface area contributed by atoms with E-state index >= 15 is 0 Å². The predicted octanol–water partition coefficient (Wildman–Crippen LogP) is -0.635. The van der Waals surface area contributed by atoms with Gasteiger partial charge in [0.05, 0.1) is 0 Å². The summed E-state index contributed by atoms with van der Waals surface area (Å²) in [7, 11) is 0. The van der Waals surface area contributed by atoms with E-state index in [4.69, 9.17) is 5.11 Å². The highest BCUT2D eigenvalue weighted by Gasteiger charge is 2.21. The second-order valence-corrected chi connectivity index (χ2v) is 2.80. The zero-order chi connectivity index (χ0) is 8.27. The molecule has 0 aromatic rings. The lowest BCUT2D eigenvalue weighted by Crippen LogP contribution is -2.49. The summed E-state index contributed by atoms with van der Waals surface area (Å²) in [5, 5.41) is 11.8. The molecule has 1 aliphatic rings. The molecular weight excluding hydrogens is 144 g/mol. The highest BCUT2D eigenvalue weighted by molar-refractivity contribution is 5.72. The molecule has 0 bridgehead atoms. The monoisotopic (exact) mass is 158 g/mol. The van der Waals surface area contributed by atoms with Crippen molar-refractivity contribution < 1.29 is 9.90 Å². The Morgan fingerprint density at radius 2 is 2.09 bits per heavy atom. The molecule has 0 spiro atoms. The maximum absolute atomic E-state index is 10.5. The van der Waals surface area contributed by atoms with E-state index in [1.807, 2.05) is 4.90 Å². The van der Waals surface area contributed by atoms with Crippen molar-refractivity contribution in [2.75, 3.05) is 26.2 Å². The molecule has 0 unspecified atom stereocenters. The lowest BCUT2D eigenvalue weighted by molar-refractivity contribution is -0.142. The number of rotatable bonds is 2. The van der Waals surface area contributed by atoms with Crippen LogP contribution in [0.4, 0.5) is 0 Å². The van der Waals surface area contributed by atoms with Gasteiger partial charge in [-0.25, -0.2) is 0 Å². The Hall–Kier alpha value is -0.610. The van der Waals surface area contributed by atoms with Gasteiger partial charge in [-0.3, -0.25) is 9.69 Å². The van der Waals surface area contributed by atoms with Crippen LogP contribution < -0.4 is 5.32 Å². The van der Waals surface area contributed by atoms with Crippen molar-refractivity contribution in [2.45, 2.75) is 13.0 Å². The highest BCUT2D eigenvalue weighted by atomic mass is 16.4. The van der Waals surface area contributed by atoms with Crippen molar-refractivity contribution in [2.24, 2.45) is 0 Å². The Balaban J connectivity index is 2.38. The minimum Gasteiger partial charge on any atom is -0.480 e. The number of carbonyl (C=O) groups is 1. The van der Waals surface area contributed by atoms with Crippen LogP contribution in [-0.4, -0.2) is 48.2 Å². The molecule has 0 aromatic heterocycles. The first-order valence-corrected chi connectivity index (χ1v) is 3.89. The van der Waals surface area contributed by atoms with E-state index in [-0.39, 0.29) is 6.04 Å². The Bertz CT molecular complexity index is 143. The molecule has 1 aliphatic heterocycles. The molecule has 0 amide bonds. The number of carboxylic acids is 1. The third-order valence-corrected chi connectivity index (χ3v) is 2.06. The standard InChI is InChI=1S/C7H14N2O2/c1-6(7(10)11)9-4-2-8-3-5-9/h6,8H,2-5H2,1H3,(H,10,11)/t6-/m0/s1. The van der Waals surface area contributed by atoms with Crippen LogP contribution in [0, 0.1) is 0 Å². The van der Waals surface area contributed by atoms with Gasteiger partial charge in [0.15, 0.2) is 0 Å². The normalized spacial score (nSPS) is 23.0. The molecule has 4 nitrogen and oxygen atoms in total. The van der Waals surface area contributed by atoms with Gasteiger partial charge >= 0.3 is 5.97 Å². The lowest BCUT2D eigenvalue weighted by atomic mass is 10.2. The molecule has 1 fully saturated rings. The molecule has 1 atom stereocenters. The first-order valence-electron chi connectivity index (χ1n) is 3.89. The van der Waals surface area contributed by atoms with E-state index in [9.17, 15) is 4.79 Å². The first-order chi connectivity index (χ1) is 5.22. The van der Waals surface area contributed by atoms with E-state index in [1.165, 1.54) is 0 Å². The lowest BCUT2D eigenvalue weighted by Gasteiger charge is -2.30. The average Bonchev–Trinajstić information content (AvgIpc) is 2.05. The van der Waals surface area contributed by atoms with Gasteiger partial charge in [0, 0.05) is 26.2 Å². The molecule has 1 rings (SSSR count). The summed E-state index contributed by atoms with van der Waals surface area (Å²) < 4.78 is 0. The van der Waals surface area contributed by atoms with Gasteiger partial charge in [0.2, 0.25) is 0 Å². The molecular formula is C7H14N2O2. The van der Waals surface area contributed by atoms with Gasteiger partial charge < -0.3 is 10.4 Å². The number of nitrogens with one attached hydrogen (secondary N) is 1. The van der Waals surface area contributed by atoms with Gasteiger partial charge in [-0.2, -0.15) is 0 Å². The summed E-state index contributed by atoms with van der Waals surface area (Å²) in [5.41, 5.74) is 0. The fourth-order valence-electron chi connectivity index (χ4n) is 1.23. The SMILES string of the molecule is C[C@@H](C(=O)O)N1CCNCC1. The van der Waals surface area contributed by atoms with Crippen LogP contribution in [0.2, 0.25) is 0 Å². The maximum Gasteiger partial charge on any atom is 0.320 e. The molecule has 1 heterocycles. The molecule has 0 aliphatic carbocycles. The van der Waals surface area contributed by atoms with E-state index < -0.39 is 5.97 Å². The van der Waals surface area contributed by atoms with Gasteiger partial charge in [-0.1, -0.05) is 0 Å². The first kappa shape index (κ1) is 8.49. The molecule has 1 saturated heterocycles. The molecule has 0 saturated carbocycles. The van der Waals surface area contributed by atoms with E-state index in [2.05, 4.69) is 5.32 Å². The van der Waals surface area contributed by atoms with Crippen LogP contribution in [0.25, 0.3) is 0 Å². The predicted molar refractivity (Wildman–Crippen MR) is 41.5 cm³/mol. The largest absolute Gasteiger partial charge is 0.480 e. The Morgan fingerprint density at radius 1 is 1.55 bits per heavy atom. The number of hydrogen-bond acceptors (Lipinski definition) is 3. The second-order valence-electron chi connectivity index (χ2n) is 2.80. The average molecular weight is 158 g/mol. The van der Waals surface area contributed by atoms with Gasteiger partial charge in [-0.05, 0) is 6.92 Å². The number of piperazine rings is 1. The zero-order valence-electron chi connectivity index (χ0n) is 6.71. The number of aliphatic carboxylic acids is 1. The van der Waals surface area contributed by atoms with Gasteiger partial charge in [0.25, 0.3) is 0 Å². The van der Waals surface area contributed by atoms with Crippen molar-refractivity contribution in [1.82, 2.24) is 10.2 Å². The smallest absolute Gasteiger partial charge is 0.320 e. The van der Waals surface area contributed by atoms with E-state index in [0.29, 0.717) is 0 Å². The molecule has 11 heavy (non-hydrogen) atoms. The third-order valence-electron chi connectivity index (χ3n) is 2.06. The van der Waals surface area contributed by atoms with Crippen LogP contribution in [0.3, 0.4) is 0 Å². The van der Waals surface area contributed by atoms with Crippen molar-refractivity contribution >= 4 is 5.97 Å².